The van der Waals surface area contributed by atoms with Crippen molar-refractivity contribution < 1.29 is 28.4 Å². The Labute approximate surface area is 154 Å². The van der Waals surface area contributed by atoms with Gasteiger partial charge in [-0.05, 0) is 55.0 Å². The number of hydroxylamine groups is 2. The molecule has 0 spiro atoms. The van der Waals surface area contributed by atoms with Gasteiger partial charge in [-0.15, -0.1) is 0 Å². The molecule has 0 heterocycles. The van der Waals surface area contributed by atoms with Gasteiger partial charge < -0.3 is 9.57 Å². The fourth-order valence-electron chi connectivity index (χ4n) is 2.19. The highest BCUT2D eigenvalue weighted by Crippen LogP contribution is 2.20. The standard InChI is InChI=1S/C19H18F2N2O4/c1-12-9-16(7-8-17(12)19(24)26-2)27-23-18(10-15(21)11-22-25)13-3-5-14(20)6-4-13/h3-11,22-23,25H,1-2H3/b15-11+,18-10+. The maximum absolute atomic E-state index is 13.7. The first-order valence-electron chi connectivity index (χ1n) is 7.79. The highest BCUT2D eigenvalue weighted by molar-refractivity contribution is 5.91. The van der Waals surface area contributed by atoms with Crippen molar-refractivity contribution in [3.05, 3.63) is 83.1 Å². The SMILES string of the molecule is COC(=O)c1ccc(ON/C(=C/C(F)=C\NO)c2ccc(F)cc2)cc1C. The predicted molar refractivity (Wildman–Crippen MR) is 94.8 cm³/mol. The summed E-state index contributed by atoms with van der Waals surface area (Å²) in [6.45, 7) is 1.71. The van der Waals surface area contributed by atoms with Gasteiger partial charge in [0, 0.05) is 11.6 Å². The molecule has 3 N–H and O–H groups in total. The van der Waals surface area contributed by atoms with Crippen molar-refractivity contribution in [1.29, 1.82) is 0 Å². The van der Waals surface area contributed by atoms with Crippen LogP contribution in [0.4, 0.5) is 8.78 Å². The summed E-state index contributed by atoms with van der Waals surface area (Å²) < 4.78 is 31.5. The molecule has 0 atom stereocenters. The third-order valence-corrected chi connectivity index (χ3v) is 3.52. The number of hydrogen-bond acceptors (Lipinski definition) is 6. The largest absolute Gasteiger partial charge is 0.465 e. The van der Waals surface area contributed by atoms with E-state index in [1.807, 2.05) is 0 Å². The second kappa shape index (κ2) is 9.35. The van der Waals surface area contributed by atoms with Crippen molar-refractivity contribution in [1.82, 2.24) is 11.0 Å². The summed E-state index contributed by atoms with van der Waals surface area (Å²) in [5.41, 5.74) is 5.81. The van der Waals surface area contributed by atoms with E-state index in [0.717, 1.165) is 12.3 Å². The number of benzene rings is 2. The number of rotatable bonds is 7. The number of esters is 1. The van der Waals surface area contributed by atoms with Gasteiger partial charge in [0.1, 0.15) is 11.6 Å². The molecule has 27 heavy (non-hydrogen) atoms. The van der Waals surface area contributed by atoms with Crippen LogP contribution in [0.15, 0.2) is 60.6 Å². The zero-order chi connectivity index (χ0) is 19.8. The topological polar surface area (TPSA) is 79.8 Å². The molecule has 8 heteroatoms. The summed E-state index contributed by atoms with van der Waals surface area (Å²) in [4.78, 5) is 17.1. The first-order valence-corrected chi connectivity index (χ1v) is 7.79. The van der Waals surface area contributed by atoms with Gasteiger partial charge in [0.2, 0.25) is 0 Å². The highest BCUT2D eigenvalue weighted by atomic mass is 19.1. The lowest BCUT2D eigenvalue weighted by atomic mass is 10.1. The zero-order valence-corrected chi connectivity index (χ0v) is 14.6. The molecule has 0 aliphatic heterocycles. The molecule has 2 aromatic carbocycles. The number of aryl methyl sites for hydroxylation is 1. The first-order chi connectivity index (χ1) is 12.9. The molecule has 0 unspecified atom stereocenters. The highest BCUT2D eigenvalue weighted by Gasteiger charge is 2.11. The number of ether oxygens (including phenoxy) is 1. The predicted octanol–water partition coefficient (Wildman–Crippen LogP) is 3.63. The van der Waals surface area contributed by atoms with Crippen molar-refractivity contribution in [2.75, 3.05) is 7.11 Å². The Hall–Kier alpha value is -3.39. The molecule has 2 aromatic rings. The molecule has 0 aromatic heterocycles. The van der Waals surface area contributed by atoms with Crippen LogP contribution in [-0.4, -0.2) is 18.3 Å². The number of nitrogens with one attached hydrogen (secondary N) is 2. The van der Waals surface area contributed by atoms with Crippen LogP contribution in [0, 0.1) is 12.7 Å². The van der Waals surface area contributed by atoms with Gasteiger partial charge in [-0.3, -0.25) is 10.7 Å². The van der Waals surface area contributed by atoms with Crippen LogP contribution in [0.3, 0.4) is 0 Å². The molecule has 0 saturated heterocycles. The molecule has 6 nitrogen and oxygen atoms in total. The van der Waals surface area contributed by atoms with Gasteiger partial charge in [-0.1, -0.05) is 0 Å². The summed E-state index contributed by atoms with van der Waals surface area (Å²) in [6, 6.07) is 9.97. The Morgan fingerprint density at radius 3 is 2.48 bits per heavy atom. The molecule has 2 rings (SSSR count). The lowest BCUT2D eigenvalue weighted by Gasteiger charge is -2.13. The number of carbonyl (C=O) groups is 1. The normalized spacial score (nSPS) is 11.7. The van der Waals surface area contributed by atoms with Crippen LogP contribution in [0.2, 0.25) is 0 Å². The Kier molecular flexibility index (Phi) is 6.90. The number of hydrogen-bond donors (Lipinski definition) is 3. The molecule has 0 bridgehead atoms. The Bertz CT molecular complexity index is 865. The Morgan fingerprint density at radius 2 is 1.89 bits per heavy atom. The Morgan fingerprint density at radius 1 is 1.19 bits per heavy atom. The van der Waals surface area contributed by atoms with Crippen LogP contribution < -0.4 is 15.8 Å². The maximum Gasteiger partial charge on any atom is 0.338 e. The average Bonchev–Trinajstić information content (AvgIpc) is 2.65. The summed E-state index contributed by atoms with van der Waals surface area (Å²) in [5.74, 6) is -1.35. The molecular formula is C19H18F2N2O4. The fraction of sp³-hybridized carbons (Fsp3) is 0.105. The van der Waals surface area contributed by atoms with Crippen molar-refractivity contribution in [3.63, 3.8) is 0 Å². The van der Waals surface area contributed by atoms with Crippen molar-refractivity contribution in [2.45, 2.75) is 6.92 Å². The average molecular weight is 376 g/mol. The number of halogens is 2. The zero-order valence-electron chi connectivity index (χ0n) is 14.6. The quantitative estimate of drug-likeness (QED) is 0.389. The van der Waals surface area contributed by atoms with E-state index in [4.69, 9.17) is 10.0 Å². The van der Waals surface area contributed by atoms with E-state index in [1.54, 1.807) is 18.5 Å². The van der Waals surface area contributed by atoms with E-state index in [9.17, 15) is 13.6 Å². The molecule has 0 aliphatic carbocycles. The van der Waals surface area contributed by atoms with Crippen LogP contribution in [0.1, 0.15) is 21.5 Å². The molecule has 0 radical (unpaired) electrons. The Balaban J connectivity index is 2.23. The third-order valence-electron chi connectivity index (χ3n) is 3.52. The van der Waals surface area contributed by atoms with Crippen LogP contribution in [0.5, 0.6) is 5.75 Å². The lowest BCUT2D eigenvalue weighted by molar-refractivity contribution is 0.0600. The van der Waals surface area contributed by atoms with Gasteiger partial charge in [0.15, 0.2) is 5.75 Å². The molecule has 142 valence electrons. The molecular weight excluding hydrogens is 358 g/mol. The van der Waals surface area contributed by atoms with Crippen LogP contribution in [-0.2, 0) is 4.74 Å². The second-order valence-electron chi connectivity index (χ2n) is 5.40. The third kappa shape index (κ3) is 5.55. The minimum Gasteiger partial charge on any atom is -0.465 e. The number of carbonyl (C=O) groups excluding carboxylic acids is 1. The first kappa shape index (κ1) is 19.9. The van der Waals surface area contributed by atoms with E-state index in [2.05, 4.69) is 10.2 Å². The maximum atomic E-state index is 13.7. The molecule has 0 aliphatic rings. The van der Waals surface area contributed by atoms with Crippen LogP contribution in [0.25, 0.3) is 5.70 Å². The molecule has 0 fully saturated rings. The van der Waals surface area contributed by atoms with Crippen molar-refractivity contribution >= 4 is 11.7 Å². The van der Waals surface area contributed by atoms with E-state index in [0.29, 0.717) is 22.4 Å². The van der Waals surface area contributed by atoms with Gasteiger partial charge in [-0.25, -0.2) is 19.1 Å². The van der Waals surface area contributed by atoms with Gasteiger partial charge in [-0.2, -0.15) is 0 Å². The summed E-state index contributed by atoms with van der Waals surface area (Å²) in [7, 11) is 1.29. The second-order valence-corrected chi connectivity index (χ2v) is 5.40. The minimum atomic E-state index is -0.801. The smallest absolute Gasteiger partial charge is 0.338 e. The molecule has 0 amide bonds. The van der Waals surface area contributed by atoms with E-state index in [1.165, 1.54) is 43.5 Å². The summed E-state index contributed by atoms with van der Waals surface area (Å²) in [6.07, 6.45) is 1.77. The summed E-state index contributed by atoms with van der Waals surface area (Å²) >= 11 is 0. The lowest BCUT2D eigenvalue weighted by Crippen LogP contribution is -2.17. The number of methoxy groups -OCH3 is 1. The van der Waals surface area contributed by atoms with E-state index >= 15 is 0 Å². The minimum absolute atomic E-state index is 0.175. The summed E-state index contributed by atoms with van der Waals surface area (Å²) in [5, 5.41) is 8.55. The van der Waals surface area contributed by atoms with E-state index in [-0.39, 0.29) is 5.70 Å². The monoisotopic (exact) mass is 376 g/mol. The van der Waals surface area contributed by atoms with E-state index < -0.39 is 17.6 Å². The van der Waals surface area contributed by atoms with Gasteiger partial charge in [0.25, 0.3) is 0 Å². The van der Waals surface area contributed by atoms with Crippen LogP contribution >= 0.6 is 0 Å². The van der Waals surface area contributed by atoms with Gasteiger partial charge >= 0.3 is 5.97 Å². The van der Waals surface area contributed by atoms with Gasteiger partial charge in [0.05, 0.1) is 24.6 Å². The molecule has 0 saturated carbocycles. The number of allylic oxidation sites excluding steroid dienone is 2. The van der Waals surface area contributed by atoms with Crippen molar-refractivity contribution in [3.8, 4) is 5.75 Å². The van der Waals surface area contributed by atoms with Crippen molar-refractivity contribution in [2.24, 2.45) is 0 Å². The fourth-order valence-corrected chi connectivity index (χ4v) is 2.19.